The third-order valence-electron chi connectivity index (χ3n) is 10.6. The molecule has 0 radical (unpaired) electrons. The lowest BCUT2D eigenvalue weighted by Crippen LogP contribution is -2.37. The first kappa shape index (κ1) is 55.0. The van der Waals surface area contributed by atoms with Gasteiger partial charge in [-0.2, -0.15) is 0 Å². The Morgan fingerprint density at radius 3 is 1.14 bits per heavy atom. The number of phosphoric ester groups is 1. The van der Waals surface area contributed by atoms with Gasteiger partial charge in [-0.05, 0) is 12.8 Å². The van der Waals surface area contributed by atoms with E-state index in [-0.39, 0.29) is 25.6 Å². The molecule has 0 rings (SSSR count). The first-order chi connectivity index (χ1) is 27.0. The van der Waals surface area contributed by atoms with Gasteiger partial charge in [0.2, 0.25) is 0 Å². The van der Waals surface area contributed by atoms with Crippen molar-refractivity contribution in [3.05, 3.63) is 0 Å². The maximum Gasteiger partial charge on any atom is 0.472 e. The zero-order valence-corrected chi connectivity index (χ0v) is 38.5. The molecular weight excluding hydrogens is 725 g/mol. The molecule has 1 unspecified atom stereocenters. The minimum absolute atomic E-state index is 0.0369. The second kappa shape index (κ2) is 39.5. The Bertz CT molecular complexity index is 927. The summed E-state index contributed by atoms with van der Waals surface area (Å²) >= 11 is 0. The lowest BCUT2D eigenvalue weighted by atomic mass is 10.0. The van der Waals surface area contributed by atoms with Crippen LogP contribution in [0.1, 0.15) is 232 Å². The van der Waals surface area contributed by atoms with Gasteiger partial charge in [0.25, 0.3) is 0 Å². The fourth-order valence-corrected chi connectivity index (χ4v) is 7.64. The van der Waals surface area contributed by atoms with E-state index in [1.165, 1.54) is 167 Å². The van der Waals surface area contributed by atoms with E-state index in [4.69, 9.17) is 18.5 Å². The van der Waals surface area contributed by atoms with Crippen molar-refractivity contribution >= 4 is 19.8 Å². The number of nitrogens with zero attached hydrogens (tertiary/aromatic N) is 1. The highest BCUT2D eigenvalue weighted by Gasteiger charge is 2.27. The molecule has 2 atom stereocenters. The quantitative estimate of drug-likeness (QED) is 0.0280. The van der Waals surface area contributed by atoms with Gasteiger partial charge in [0, 0.05) is 12.8 Å². The number of carbonyl (C=O) groups is 2. The number of likely N-dealkylation sites (N-methyl/N-ethyl adjacent to an activating group) is 1. The van der Waals surface area contributed by atoms with Crippen LogP contribution in [0.25, 0.3) is 0 Å². The van der Waals surface area contributed by atoms with Crippen molar-refractivity contribution in [2.45, 2.75) is 238 Å². The largest absolute Gasteiger partial charge is 0.472 e. The number of phosphoric acid groups is 1. The second-order valence-corrected chi connectivity index (χ2v) is 19.0. The van der Waals surface area contributed by atoms with E-state index >= 15 is 0 Å². The summed E-state index contributed by atoms with van der Waals surface area (Å²) in [5, 5.41) is 0. The molecule has 0 bridgehead atoms. The molecule has 56 heavy (non-hydrogen) atoms. The van der Waals surface area contributed by atoms with E-state index in [0.717, 1.165) is 38.5 Å². The third kappa shape index (κ3) is 42.6. The summed E-state index contributed by atoms with van der Waals surface area (Å²) in [7, 11) is 1.49. The molecule has 9 nitrogen and oxygen atoms in total. The van der Waals surface area contributed by atoms with Crippen LogP contribution >= 0.6 is 7.82 Å². The molecule has 334 valence electrons. The van der Waals surface area contributed by atoms with Crippen LogP contribution in [0.2, 0.25) is 0 Å². The van der Waals surface area contributed by atoms with E-state index in [2.05, 4.69) is 13.8 Å². The van der Waals surface area contributed by atoms with Crippen molar-refractivity contribution in [2.24, 2.45) is 0 Å². The topological polar surface area (TPSA) is 108 Å². The smallest absolute Gasteiger partial charge is 0.462 e. The van der Waals surface area contributed by atoms with Crippen molar-refractivity contribution in [1.29, 1.82) is 0 Å². The van der Waals surface area contributed by atoms with E-state index in [9.17, 15) is 19.0 Å². The molecule has 10 heteroatoms. The highest BCUT2D eigenvalue weighted by Crippen LogP contribution is 2.43. The van der Waals surface area contributed by atoms with Gasteiger partial charge in [-0.3, -0.25) is 18.6 Å². The number of ether oxygens (including phenoxy) is 2. The van der Waals surface area contributed by atoms with E-state index in [1.54, 1.807) is 0 Å². The summed E-state index contributed by atoms with van der Waals surface area (Å²) in [5.41, 5.74) is 0. The normalized spacial score (nSPS) is 13.5. The van der Waals surface area contributed by atoms with Crippen molar-refractivity contribution in [1.82, 2.24) is 0 Å². The van der Waals surface area contributed by atoms with Gasteiger partial charge >= 0.3 is 19.8 Å². The van der Waals surface area contributed by atoms with Gasteiger partial charge in [0.05, 0.1) is 27.7 Å². The average Bonchev–Trinajstić information content (AvgIpc) is 3.15. The Kier molecular flexibility index (Phi) is 38.8. The number of carbonyl (C=O) groups excluding carboxylic acids is 2. The molecule has 0 aromatic rings. The summed E-state index contributed by atoms with van der Waals surface area (Å²) in [6.45, 7) is 4.47. The van der Waals surface area contributed by atoms with Crippen LogP contribution in [0.4, 0.5) is 0 Å². The van der Waals surface area contributed by atoms with Crippen LogP contribution in [0.15, 0.2) is 0 Å². The molecule has 0 spiro atoms. The SMILES string of the molecule is CCCCCCCCCCCCCCCCCCCCCC(=O)OC[C@H](COP(=O)(O)OCC[N+](C)(C)C)OC(=O)CCCCCCCCCCCCCCC. The van der Waals surface area contributed by atoms with Gasteiger partial charge in [-0.1, -0.05) is 206 Å². The van der Waals surface area contributed by atoms with Crippen molar-refractivity contribution in [2.75, 3.05) is 47.5 Å². The number of quaternary nitrogens is 1. The van der Waals surface area contributed by atoms with Crippen LogP contribution in [0, 0.1) is 0 Å². The van der Waals surface area contributed by atoms with Crippen LogP contribution in [0.3, 0.4) is 0 Å². The second-order valence-electron chi connectivity index (χ2n) is 17.5. The minimum atomic E-state index is -4.37. The zero-order chi connectivity index (χ0) is 41.4. The first-order valence-corrected chi connectivity index (χ1v) is 25.3. The summed E-state index contributed by atoms with van der Waals surface area (Å²) in [4.78, 5) is 35.4. The predicted molar refractivity (Wildman–Crippen MR) is 234 cm³/mol. The maximum atomic E-state index is 12.7. The molecule has 0 aromatic carbocycles. The Labute approximate surface area is 346 Å². The monoisotopic (exact) mass is 819 g/mol. The Balaban J connectivity index is 4.22. The van der Waals surface area contributed by atoms with Crippen LogP contribution in [-0.4, -0.2) is 74.9 Å². The minimum Gasteiger partial charge on any atom is -0.462 e. The third-order valence-corrected chi connectivity index (χ3v) is 11.6. The molecule has 0 amide bonds. The summed E-state index contributed by atoms with van der Waals surface area (Å²) in [6.07, 6.45) is 40.0. The van der Waals surface area contributed by atoms with E-state index in [0.29, 0.717) is 17.4 Å². The molecule has 0 aliphatic rings. The lowest BCUT2D eigenvalue weighted by Gasteiger charge is -2.24. The van der Waals surface area contributed by atoms with Gasteiger partial charge in [0.1, 0.15) is 19.8 Å². The number of esters is 2. The van der Waals surface area contributed by atoms with Crippen molar-refractivity contribution in [3.63, 3.8) is 0 Å². The Morgan fingerprint density at radius 1 is 0.482 bits per heavy atom. The molecule has 0 fully saturated rings. The van der Waals surface area contributed by atoms with Crippen molar-refractivity contribution in [3.8, 4) is 0 Å². The van der Waals surface area contributed by atoms with E-state index in [1.807, 2.05) is 21.1 Å². The molecule has 0 saturated carbocycles. The fourth-order valence-electron chi connectivity index (χ4n) is 6.90. The van der Waals surface area contributed by atoms with Crippen molar-refractivity contribution < 1.29 is 42.1 Å². The average molecular weight is 819 g/mol. The fraction of sp³-hybridized carbons (Fsp3) is 0.957. The Hall–Kier alpha value is -0.990. The highest BCUT2D eigenvalue weighted by atomic mass is 31.2. The molecule has 0 heterocycles. The van der Waals surface area contributed by atoms with Crippen LogP contribution in [0.5, 0.6) is 0 Å². The summed E-state index contributed by atoms with van der Waals surface area (Å²) in [6, 6.07) is 0. The molecule has 0 aliphatic carbocycles. The predicted octanol–water partition coefficient (Wildman–Crippen LogP) is 13.6. The molecule has 0 aromatic heterocycles. The standard InChI is InChI=1S/C46H92NO8P/c1-6-8-10-12-14-16-18-20-21-22-23-24-25-27-28-30-32-34-36-38-45(48)52-42-44(43-54-56(50,51)53-41-40-47(3,4)5)55-46(49)39-37-35-33-31-29-26-19-17-15-13-11-9-7-2/h44H,6-43H2,1-5H3/p+1/t44-/m1/s1. The van der Waals surface area contributed by atoms with Gasteiger partial charge in [0.15, 0.2) is 6.10 Å². The molecule has 1 N–H and O–H groups in total. The van der Waals surface area contributed by atoms with Gasteiger partial charge in [-0.15, -0.1) is 0 Å². The molecule has 0 aliphatic heterocycles. The number of unbranched alkanes of at least 4 members (excludes halogenated alkanes) is 30. The maximum absolute atomic E-state index is 12.7. The van der Waals surface area contributed by atoms with Crippen LogP contribution in [-0.2, 0) is 32.7 Å². The van der Waals surface area contributed by atoms with Gasteiger partial charge in [-0.25, -0.2) is 4.57 Å². The summed E-state index contributed by atoms with van der Waals surface area (Å²) < 4.78 is 34.4. The Morgan fingerprint density at radius 2 is 0.804 bits per heavy atom. The lowest BCUT2D eigenvalue weighted by molar-refractivity contribution is -0.870. The van der Waals surface area contributed by atoms with E-state index < -0.39 is 26.5 Å². The first-order valence-electron chi connectivity index (χ1n) is 23.8. The number of hydrogen-bond acceptors (Lipinski definition) is 7. The molecular formula is C46H93NO8P+. The number of rotatable bonds is 44. The number of hydrogen-bond donors (Lipinski definition) is 1. The zero-order valence-electron chi connectivity index (χ0n) is 37.6. The van der Waals surface area contributed by atoms with Crippen LogP contribution < -0.4 is 0 Å². The van der Waals surface area contributed by atoms with Gasteiger partial charge < -0.3 is 18.9 Å². The highest BCUT2D eigenvalue weighted by molar-refractivity contribution is 7.47. The summed E-state index contributed by atoms with van der Waals surface area (Å²) in [5.74, 6) is -0.781. The molecule has 0 saturated heterocycles.